The fourth-order valence-corrected chi connectivity index (χ4v) is 2.29. The van der Waals surface area contributed by atoms with Crippen molar-refractivity contribution < 1.29 is 19.8 Å². The van der Waals surface area contributed by atoms with Crippen LogP contribution >= 0.6 is 23.2 Å². The average molecular weight is 306 g/mol. The molecule has 7 heteroatoms. The number of carboxylic acids is 2. The summed E-state index contributed by atoms with van der Waals surface area (Å²) in [7, 11) is 0. The molecule has 2 rings (SSSR count). The molecule has 1 aliphatic rings. The van der Waals surface area contributed by atoms with Gasteiger partial charge in [0.1, 0.15) is 0 Å². The third-order valence-electron chi connectivity index (χ3n) is 2.60. The molecule has 0 amide bonds. The second kappa shape index (κ2) is 7.33. The van der Waals surface area contributed by atoms with Crippen LogP contribution in [0.2, 0.25) is 10.0 Å². The van der Waals surface area contributed by atoms with E-state index in [-0.39, 0.29) is 0 Å². The Morgan fingerprint density at radius 3 is 2.00 bits per heavy atom. The highest BCUT2D eigenvalue weighted by Crippen LogP contribution is 2.27. The van der Waals surface area contributed by atoms with Crippen LogP contribution in [-0.2, 0) is 9.59 Å². The first-order chi connectivity index (χ1) is 8.90. The maximum atomic E-state index is 9.10. The summed E-state index contributed by atoms with van der Waals surface area (Å²) in [6.07, 6.45) is 1.18. The summed E-state index contributed by atoms with van der Waals surface area (Å²) < 4.78 is 0. The largest absolute Gasteiger partial charge is 0.473 e. The highest BCUT2D eigenvalue weighted by molar-refractivity contribution is 6.34. The van der Waals surface area contributed by atoms with Crippen molar-refractivity contribution in [3.05, 3.63) is 33.8 Å². The predicted molar refractivity (Wildman–Crippen MR) is 72.0 cm³/mol. The Bertz CT molecular complexity index is 441. The van der Waals surface area contributed by atoms with Crippen LogP contribution in [0, 0.1) is 0 Å². The van der Waals surface area contributed by atoms with Crippen LogP contribution < -0.4 is 5.32 Å². The first-order valence-electron chi connectivity index (χ1n) is 5.53. The highest BCUT2D eigenvalue weighted by Gasteiger charge is 2.17. The first kappa shape index (κ1) is 15.8. The van der Waals surface area contributed by atoms with Gasteiger partial charge in [-0.05, 0) is 42.6 Å². The van der Waals surface area contributed by atoms with Gasteiger partial charge in [0.15, 0.2) is 0 Å². The van der Waals surface area contributed by atoms with Crippen LogP contribution in [0.5, 0.6) is 0 Å². The normalized spacial score (nSPS) is 17.5. The topological polar surface area (TPSA) is 86.6 Å². The molecule has 0 aromatic heterocycles. The highest BCUT2D eigenvalue weighted by atomic mass is 35.5. The van der Waals surface area contributed by atoms with Gasteiger partial charge in [0, 0.05) is 16.6 Å². The van der Waals surface area contributed by atoms with Crippen molar-refractivity contribution in [2.75, 3.05) is 13.1 Å². The lowest BCUT2D eigenvalue weighted by Crippen LogP contribution is -2.09. The van der Waals surface area contributed by atoms with Gasteiger partial charge in [-0.3, -0.25) is 0 Å². The van der Waals surface area contributed by atoms with E-state index >= 15 is 0 Å². The van der Waals surface area contributed by atoms with E-state index in [2.05, 4.69) is 5.32 Å². The van der Waals surface area contributed by atoms with Gasteiger partial charge in [-0.15, -0.1) is 0 Å². The maximum absolute atomic E-state index is 9.10. The zero-order valence-electron chi connectivity index (χ0n) is 9.90. The molecule has 0 aliphatic carbocycles. The molecule has 0 bridgehead atoms. The predicted octanol–water partition coefficient (Wildman–Crippen LogP) is 2.23. The minimum absolute atomic E-state index is 0.580. The van der Waals surface area contributed by atoms with Crippen molar-refractivity contribution in [1.29, 1.82) is 0 Å². The van der Waals surface area contributed by atoms with E-state index < -0.39 is 11.9 Å². The minimum atomic E-state index is -1.82. The standard InChI is InChI=1S/C10H11Cl2N.C2H2O4/c11-9-3-8(4-10(12)5-9)7-1-2-13-6-7;3-1(4)2(5)6/h3-5,7,13H,1-2,6H2;(H,3,4)(H,5,6). The number of hydrogen-bond acceptors (Lipinski definition) is 3. The lowest BCUT2D eigenvalue weighted by Gasteiger charge is -2.09. The van der Waals surface area contributed by atoms with E-state index in [1.54, 1.807) is 6.07 Å². The van der Waals surface area contributed by atoms with E-state index in [1.165, 1.54) is 12.0 Å². The number of nitrogens with one attached hydrogen (secondary N) is 1. The van der Waals surface area contributed by atoms with Crippen LogP contribution in [0.15, 0.2) is 18.2 Å². The zero-order valence-corrected chi connectivity index (χ0v) is 11.4. The Hall–Kier alpha value is -1.30. The second-order valence-corrected chi connectivity index (χ2v) is 4.88. The number of halogens is 2. The third-order valence-corrected chi connectivity index (χ3v) is 3.04. The van der Waals surface area contributed by atoms with Crippen molar-refractivity contribution in [3.63, 3.8) is 0 Å². The lowest BCUT2D eigenvalue weighted by atomic mass is 9.99. The van der Waals surface area contributed by atoms with E-state index in [4.69, 9.17) is 43.0 Å². The van der Waals surface area contributed by atoms with Crippen molar-refractivity contribution in [3.8, 4) is 0 Å². The molecule has 1 fully saturated rings. The van der Waals surface area contributed by atoms with E-state index in [0.29, 0.717) is 5.92 Å². The molecule has 1 aromatic rings. The molecule has 1 aromatic carbocycles. The number of carbonyl (C=O) groups is 2. The summed E-state index contributed by atoms with van der Waals surface area (Å²) in [6.45, 7) is 2.13. The monoisotopic (exact) mass is 305 g/mol. The van der Waals surface area contributed by atoms with Gasteiger partial charge >= 0.3 is 11.9 Å². The van der Waals surface area contributed by atoms with Crippen molar-refractivity contribution in [2.24, 2.45) is 0 Å². The molecule has 0 spiro atoms. The quantitative estimate of drug-likeness (QED) is 0.693. The van der Waals surface area contributed by atoms with Gasteiger partial charge in [0.2, 0.25) is 0 Å². The summed E-state index contributed by atoms with van der Waals surface area (Å²) >= 11 is 11.8. The van der Waals surface area contributed by atoms with E-state index in [1.807, 2.05) is 12.1 Å². The Labute approximate surface area is 120 Å². The van der Waals surface area contributed by atoms with Crippen molar-refractivity contribution in [2.45, 2.75) is 12.3 Å². The van der Waals surface area contributed by atoms with Crippen LogP contribution in [0.3, 0.4) is 0 Å². The fourth-order valence-electron chi connectivity index (χ4n) is 1.75. The molecule has 1 saturated heterocycles. The zero-order chi connectivity index (χ0) is 14.4. The van der Waals surface area contributed by atoms with Gasteiger partial charge in [0.05, 0.1) is 0 Å². The molecule has 1 aliphatic heterocycles. The van der Waals surface area contributed by atoms with Gasteiger partial charge in [-0.2, -0.15) is 0 Å². The Morgan fingerprint density at radius 2 is 1.63 bits per heavy atom. The summed E-state index contributed by atoms with van der Waals surface area (Å²) in [5, 5.41) is 19.6. The van der Waals surface area contributed by atoms with Crippen LogP contribution in [-0.4, -0.2) is 35.2 Å². The Morgan fingerprint density at radius 1 is 1.11 bits per heavy atom. The summed E-state index contributed by atoms with van der Waals surface area (Å²) in [5.74, 6) is -3.07. The fraction of sp³-hybridized carbons (Fsp3) is 0.333. The Balaban J connectivity index is 0.000000258. The number of benzene rings is 1. The van der Waals surface area contributed by atoms with Gasteiger partial charge in [0.25, 0.3) is 0 Å². The molecule has 1 heterocycles. The smallest absolute Gasteiger partial charge is 0.414 e. The third kappa shape index (κ3) is 5.46. The van der Waals surface area contributed by atoms with Crippen LogP contribution in [0.1, 0.15) is 17.9 Å². The number of hydrogen-bond donors (Lipinski definition) is 3. The molecule has 3 N–H and O–H groups in total. The van der Waals surface area contributed by atoms with Gasteiger partial charge in [-0.1, -0.05) is 23.2 Å². The SMILES string of the molecule is Clc1cc(Cl)cc(C2CCNC2)c1.O=C(O)C(=O)O. The maximum Gasteiger partial charge on any atom is 0.414 e. The van der Waals surface area contributed by atoms with Gasteiger partial charge in [-0.25, -0.2) is 9.59 Å². The van der Waals surface area contributed by atoms with Gasteiger partial charge < -0.3 is 15.5 Å². The lowest BCUT2D eigenvalue weighted by molar-refractivity contribution is -0.159. The molecule has 0 saturated carbocycles. The van der Waals surface area contributed by atoms with Crippen LogP contribution in [0.25, 0.3) is 0 Å². The summed E-state index contributed by atoms with van der Waals surface area (Å²) in [4.78, 5) is 18.2. The van der Waals surface area contributed by atoms with E-state index in [9.17, 15) is 0 Å². The number of aliphatic carboxylic acids is 2. The molecular formula is C12H13Cl2NO4. The number of rotatable bonds is 1. The van der Waals surface area contributed by atoms with Crippen molar-refractivity contribution in [1.82, 2.24) is 5.32 Å². The molecule has 1 atom stereocenters. The summed E-state index contributed by atoms with van der Waals surface area (Å²) in [6, 6.07) is 5.78. The molecule has 0 radical (unpaired) electrons. The number of carboxylic acid groups (broad SMARTS) is 2. The van der Waals surface area contributed by atoms with E-state index in [0.717, 1.165) is 23.1 Å². The first-order valence-corrected chi connectivity index (χ1v) is 6.28. The van der Waals surface area contributed by atoms with Crippen molar-refractivity contribution >= 4 is 35.1 Å². The summed E-state index contributed by atoms with van der Waals surface area (Å²) in [5.41, 5.74) is 1.25. The minimum Gasteiger partial charge on any atom is -0.473 e. The second-order valence-electron chi connectivity index (χ2n) is 4.00. The average Bonchev–Trinajstić information content (AvgIpc) is 2.81. The molecule has 104 valence electrons. The molecular weight excluding hydrogens is 293 g/mol. The Kier molecular flexibility index (Phi) is 6.08. The van der Waals surface area contributed by atoms with Crippen LogP contribution in [0.4, 0.5) is 0 Å². The molecule has 5 nitrogen and oxygen atoms in total. The molecule has 1 unspecified atom stereocenters. The molecule has 19 heavy (non-hydrogen) atoms.